The van der Waals surface area contributed by atoms with Crippen molar-refractivity contribution in [2.24, 2.45) is 5.73 Å². The number of carbonyl (C=O) groups is 1. The number of rotatable bonds is 3. The van der Waals surface area contributed by atoms with E-state index < -0.39 is 26.7 Å². The van der Waals surface area contributed by atoms with E-state index in [2.05, 4.69) is 0 Å². The van der Waals surface area contributed by atoms with Gasteiger partial charge >= 0.3 is 0 Å². The molecule has 1 aliphatic rings. The average Bonchev–Trinajstić information content (AvgIpc) is 2.18. The zero-order valence-corrected chi connectivity index (χ0v) is 10.3. The quantitative estimate of drug-likeness (QED) is 0.693. The molecule has 1 aliphatic heterocycles. The van der Waals surface area contributed by atoms with Gasteiger partial charge in [0.05, 0.1) is 5.25 Å². The first-order valence-electron chi connectivity index (χ1n) is 5.21. The molecule has 94 valence electrons. The van der Waals surface area contributed by atoms with Gasteiger partial charge in [-0.25, -0.2) is 8.42 Å². The van der Waals surface area contributed by atoms with Crippen LogP contribution in [0.25, 0.3) is 0 Å². The van der Waals surface area contributed by atoms with Crippen LogP contribution in [0.2, 0.25) is 0 Å². The lowest BCUT2D eigenvalue weighted by Crippen LogP contribution is -2.58. The van der Waals surface area contributed by atoms with Gasteiger partial charge in [-0.3, -0.25) is 9.52 Å². The average molecular weight is 250 g/mol. The lowest BCUT2D eigenvalue weighted by atomic mass is 9.91. The van der Waals surface area contributed by atoms with E-state index in [4.69, 9.17) is 10.5 Å². The molecule has 0 spiro atoms. The summed E-state index contributed by atoms with van der Waals surface area (Å²) in [5.74, 6) is -0.635. The Balaban J connectivity index is 2.72. The van der Waals surface area contributed by atoms with Crippen LogP contribution >= 0.6 is 0 Å². The van der Waals surface area contributed by atoms with Gasteiger partial charge in [-0.2, -0.15) is 0 Å². The molecule has 0 aliphatic carbocycles. The number of nitrogens with one attached hydrogen (secondary N) is 1. The Morgan fingerprint density at radius 2 is 1.88 bits per heavy atom. The molecule has 3 N–H and O–H groups in total. The van der Waals surface area contributed by atoms with Crippen LogP contribution in [0.5, 0.6) is 0 Å². The van der Waals surface area contributed by atoms with Gasteiger partial charge in [-0.05, 0) is 26.7 Å². The highest BCUT2D eigenvalue weighted by molar-refractivity contribution is 7.90. The Bertz CT molecular complexity index is 358. The van der Waals surface area contributed by atoms with E-state index in [1.807, 2.05) is 4.72 Å². The summed E-state index contributed by atoms with van der Waals surface area (Å²) >= 11 is 0. The van der Waals surface area contributed by atoms with Gasteiger partial charge in [0.15, 0.2) is 0 Å². The van der Waals surface area contributed by atoms with Crippen LogP contribution in [0.1, 0.15) is 26.7 Å². The van der Waals surface area contributed by atoms with Crippen LogP contribution < -0.4 is 10.5 Å². The fourth-order valence-electron chi connectivity index (χ4n) is 1.31. The number of sulfonamides is 1. The van der Waals surface area contributed by atoms with Crippen molar-refractivity contribution in [2.45, 2.75) is 37.5 Å². The maximum Gasteiger partial charge on any atom is 0.253 e. The summed E-state index contributed by atoms with van der Waals surface area (Å²) in [6.07, 6.45) is 0.679. The molecule has 0 unspecified atom stereocenters. The number of amides is 1. The van der Waals surface area contributed by atoms with Crippen LogP contribution in [-0.4, -0.2) is 38.3 Å². The van der Waals surface area contributed by atoms with Crippen molar-refractivity contribution in [3.63, 3.8) is 0 Å². The monoisotopic (exact) mass is 250 g/mol. The Kier molecular flexibility index (Phi) is 3.92. The fourth-order valence-corrected chi connectivity index (χ4v) is 2.01. The second-order valence-corrected chi connectivity index (χ2v) is 6.53. The molecule has 16 heavy (non-hydrogen) atoms. The maximum absolute atomic E-state index is 11.8. The molecule has 0 bridgehead atoms. The zero-order chi connectivity index (χ0) is 12.4. The first-order chi connectivity index (χ1) is 7.28. The summed E-state index contributed by atoms with van der Waals surface area (Å²) < 4.78 is 30.1. The minimum absolute atomic E-state index is 0.340. The Morgan fingerprint density at radius 3 is 2.31 bits per heavy atom. The molecule has 1 rings (SSSR count). The van der Waals surface area contributed by atoms with Gasteiger partial charge in [0.1, 0.15) is 5.54 Å². The van der Waals surface area contributed by atoms with Crippen LogP contribution in [0.15, 0.2) is 0 Å². The van der Waals surface area contributed by atoms with Crippen molar-refractivity contribution in [3.8, 4) is 0 Å². The SMILES string of the molecule is CC(C)S(=O)(=O)NC(=O)C1(N)CCOCC1. The second kappa shape index (κ2) is 4.68. The molecule has 0 aromatic heterocycles. The molecule has 1 fully saturated rings. The molecule has 0 aromatic rings. The molecule has 6 nitrogen and oxygen atoms in total. The third-order valence-electron chi connectivity index (χ3n) is 2.69. The summed E-state index contributed by atoms with van der Waals surface area (Å²) in [6.45, 7) is 3.77. The van der Waals surface area contributed by atoms with Crippen molar-refractivity contribution < 1.29 is 17.9 Å². The minimum Gasteiger partial charge on any atom is -0.381 e. The highest BCUT2D eigenvalue weighted by atomic mass is 32.2. The molecular formula is C9H18N2O4S. The molecule has 1 heterocycles. The van der Waals surface area contributed by atoms with E-state index in [1.165, 1.54) is 13.8 Å². The summed E-state index contributed by atoms with van der Waals surface area (Å²) in [5.41, 5.74) is 4.73. The van der Waals surface area contributed by atoms with Crippen molar-refractivity contribution in [1.29, 1.82) is 0 Å². The van der Waals surface area contributed by atoms with Crippen molar-refractivity contribution >= 4 is 15.9 Å². The predicted octanol–water partition coefficient (Wildman–Crippen LogP) is -0.651. The van der Waals surface area contributed by atoms with Crippen LogP contribution in [0.3, 0.4) is 0 Å². The molecule has 0 aromatic carbocycles. The van der Waals surface area contributed by atoms with Crippen LogP contribution in [0.4, 0.5) is 0 Å². The third-order valence-corrected chi connectivity index (χ3v) is 4.40. The summed E-state index contributed by atoms with van der Waals surface area (Å²) in [4.78, 5) is 11.8. The van der Waals surface area contributed by atoms with E-state index in [0.717, 1.165) is 0 Å². The first kappa shape index (κ1) is 13.4. The fraction of sp³-hybridized carbons (Fsp3) is 0.889. The summed E-state index contributed by atoms with van der Waals surface area (Å²) in [5, 5.41) is -0.653. The first-order valence-corrected chi connectivity index (χ1v) is 6.75. The van der Waals surface area contributed by atoms with Crippen LogP contribution in [0, 0.1) is 0 Å². The molecule has 0 saturated carbocycles. The number of carbonyl (C=O) groups excluding carboxylic acids is 1. The van der Waals surface area contributed by atoms with Gasteiger partial charge in [0.25, 0.3) is 5.91 Å². The molecule has 0 atom stereocenters. The van der Waals surface area contributed by atoms with Gasteiger partial charge in [-0.1, -0.05) is 0 Å². The van der Waals surface area contributed by atoms with E-state index in [0.29, 0.717) is 26.1 Å². The summed E-state index contributed by atoms with van der Waals surface area (Å²) in [7, 11) is -3.61. The Morgan fingerprint density at radius 1 is 1.38 bits per heavy atom. The van der Waals surface area contributed by atoms with Crippen molar-refractivity contribution in [3.05, 3.63) is 0 Å². The smallest absolute Gasteiger partial charge is 0.253 e. The number of hydrogen-bond acceptors (Lipinski definition) is 5. The third kappa shape index (κ3) is 2.93. The lowest BCUT2D eigenvalue weighted by Gasteiger charge is -2.31. The Labute approximate surface area is 95.6 Å². The number of hydrogen-bond donors (Lipinski definition) is 2. The highest BCUT2D eigenvalue weighted by Crippen LogP contribution is 2.18. The van der Waals surface area contributed by atoms with Gasteiger partial charge < -0.3 is 10.5 Å². The molecular weight excluding hydrogens is 232 g/mol. The minimum atomic E-state index is -3.61. The lowest BCUT2D eigenvalue weighted by molar-refractivity contribution is -0.127. The molecule has 7 heteroatoms. The highest BCUT2D eigenvalue weighted by Gasteiger charge is 2.38. The number of nitrogens with two attached hydrogens (primary N) is 1. The topological polar surface area (TPSA) is 98.5 Å². The molecule has 1 amide bonds. The summed E-state index contributed by atoms with van der Waals surface area (Å²) in [6, 6.07) is 0. The van der Waals surface area contributed by atoms with Crippen molar-refractivity contribution in [1.82, 2.24) is 4.72 Å². The van der Waals surface area contributed by atoms with E-state index in [9.17, 15) is 13.2 Å². The molecule has 0 radical (unpaired) electrons. The van der Waals surface area contributed by atoms with E-state index in [1.54, 1.807) is 0 Å². The number of ether oxygens (including phenoxy) is 1. The maximum atomic E-state index is 11.8. The van der Waals surface area contributed by atoms with Gasteiger partial charge in [0.2, 0.25) is 10.0 Å². The zero-order valence-electron chi connectivity index (χ0n) is 9.52. The second-order valence-electron chi connectivity index (χ2n) is 4.29. The normalized spacial score (nSPS) is 20.8. The van der Waals surface area contributed by atoms with E-state index >= 15 is 0 Å². The standard InChI is InChI=1S/C9H18N2O4S/c1-7(2)16(13,14)11-8(12)9(10)3-5-15-6-4-9/h7H,3-6,10H2,1-2H3,(H,11,12). The van der Waals surface area contributed by atoms with Gasteiger partial charge in [0, 0.05) is 13.2 Å². The van der Waals surface area contributed by atoms with Crippen LogP contribution in [-0.2, 0) is 19.6 Å². The Hall–Kier alpha value is -0.660. The largest absolute Gasteiger partial charge is 0.381 e. The molecule has 1 saturated heterocycles. The van der Waals surface area contributed by atoms with Crippen molar-refractivity contribution in [2.75, 3.05) is 13.2 Å². The van der Waals surface area contributed by atoms with E-state index in [-0.39, 0.29) is 0 Å². The predicted molar refractivity (Wildman–Crippen MR) is 59.2 cm³/mol. The van der Waals surface area contributed by atoms with Gasteiger partial charge in [-0.15, -0.1) is 0 Å².